The molecule has 0 spiro atoms. The van der Waals surface area contributed by atoms with Gasteiger partial charge in [-0.1, -0.05) is 13.8 Å². The highest BCUT2D eigenvalue weighted by Gasteiger charge is 2.23. The van der Waals surface area contributed by atoms with Crippen LogP contribution < -0.4 is 11.3 Å². The first-order chi connectivity index (χ1) is 12.1. The molecule has 0 aromatic carbocycles. The maximum atomic E-state index is 13.1. The Labute approximate surface area is 156 Å². The Morgan fingerprint density at radius 1 is 1.27 bits per heavy atom. The van der Waals surface area contributed by atoms with Crippen LogP contribution in [-0.2, 0) is 16.1 Å². The van der Waals surface area contributed by atoms with Gasteiger partial charge in [-0.2, -0.15) is 0 Å². The van der Waals surface area contributed by atoms with E-state index in [-0.39, 0.29) is 24.0 Å². The number of fused-ring (bicyclic) bond motifs is 1. The van der Waals surface area contributed by atoms with Gasteiger partial charge in [-0.15, -0.1) is 11.3 Å². The van der Waals surface area contributed by atoms with Gasteiger partial charge in [0.25, 0.3) is 5.56 Å². The molecule has 26 heavy (non-hydrogen) atoms. The van der Waals surface area contributed by atoms with Crippen molar-refractivity contribution in [1.29, 1.82) is 0 Å². The number of thiophene rings is 1. The number of hydrogen-bond donors (Lipinski definition) is 1. The van der Waals surface area contributed by atoms with Crippen LogP contribution in [0.15, 0.2) is 4.79 Å². The molecular weight excluding hydrogens is 354 g/mol. The molecule has 0 bridgehead atoms. The molecule has 0 aliphatic carbocycles. The zero-order valence-corrected chi connectivity index (χ0v) is 16.6. The van der Waals surface area contributed by atoms with Crippen LogP contribution in [0.3, 0.4) is 0 Å². The summed E-state index contributed by atoms with van der Waals surface area (Å²) in [5.74, 6) is -0.180. The summed E-state index contributed by atoms with van der Waals surface area (Å²) in [6.45, 7) is 9.56. The van der Waals surface area contributed by atoms with Gasteiger partial charge in [0, 0.05) is 18.9 Å². The average Bonchev–Trinajstić information content (AvgIpc) is 2.85. The maximum Gasteiger partial charge on any atom is 0.348 e. The molecule has 0 atom stereocenters. The minimum absolute atomic E-state index is 0.0224. The quantitative estimate of drug-likeness (QED) is 0.745. The second-order valence-electron chi connectivity index (χ2n) is 6.84. The normalized spacial score (nSPS) is 11.5. The molecule has 0 aliphatic rings. The van der Waals surface area contributed by atoms with Gasteiger partial charge in [-0.05, 0) is 32.8 Å². The van der Waals surface area contributed by atoms with Crippen LogP contribution in [0.5, 0.6) is 0 Å². The number of aryl methyl sites for hydroxylation is 1. The van der Waals surface area contributed by atoms with E-state index in [9.17, 15) is 14.4 Å². The second kappa shape index (κ2) is 7.99. The number of nitrogens with zero attached hydrogens (tertiary/aromatic N) is 2. The van der Waals surface area contributed by atoms with E-state index in [1.807, 2.05) is 13.8 Å². The number of primary amides is 1. The van der Waals surface area contributed by atoms with Crippen molar-refractivity contribution in [3.8, 4) is 0 Å². The summed E-state index contributed by atoms with van der Waals surface area (Å²) in [5, 5.41) is 0.439. The Morgan fingerprint density at radius 3 is 2.46 bits per heavy atom. The summed E-state index contributed by atoms with van der Waals surface area (Å²) in [7, 11) is 0. The topological polar surface area (TPSA) is 104 Å². The molecule has 1 amide bonds. The summed E-state index contributed by atoms with van der Waals surface area (Å²) >= 11 is 1.18. The Hall–Kier alpha value is -2.22. The predicted octanol–water partition coefficient (Wildman–Crippen LogP) is 2.72. The summed E-state index contributed by atoms with van der Waals surface area (Å²) in [4.78, 5) is 42.0. The molecule has 2 N–H and O–H groups in total. The number of carbonyl (C=O) groups is 2. The first kappa shape index (κ1) is 20.1. The van der Waals surface area contributed by atoms with E-state index in [1.165, 1.54) is 11.3 Å². The van der Waals surface area contributed by atoms with Crippen molar-refractivity contribution in [2.24, 2.45) is 5.73 Å². The van der Waals surface area contributed by atoms with E-state index in [2.05, 4.69) is 4.98 Å². The lowest BCUT2D eigenvalue weighted by Crippen LogP contribution is -2.27. The molecule has 0 radical (unpaired) electrons. The fraction of sp³-hybridized carbons (Fsp3) is 0.556. The lowest BCUT2D eigenvalue weighted by Gasteiger charge is -2.14. The summed E-state index contributed by atoms with van der Waals surface area (Å²) in [5.41, 5.74) is 5.59. The summed E-state index contributed by atoms with van der Waals surface area (Å²) < 4.78 is 6.86. The molecule has 2 rings (SSSR count). The third-order valence-electron chi connectivity index (χ3n) is 3.93. The van der Waals surface area contributed by atoms with E-state index in [1.54, 1.807) is 25.3 Å². The number of hydrogen-bond acceptors (Lipinski definition) is 6. The highest BCUT2D eigenvalue weighted by molar-refractivity contribution is 7.20. The van der Waals surface area contributed by atoms with Crippen LogP contribution in [0, 0.1) is 6.92 Å². The van der Waals surface area contributed by atoms with Crippen molar-refractivity contribution in [1.82, 2.24) is 9.55 Å². The summed E-state index contributed by atoms with van der Waals surface area (Å²) in [6.07, 6.45) is 0.432. The number of carbonyl (C=O) groups excluding carboxylic acids is 2. The summed E-state index contributed by atoms with van der Waals surface area (Å²) in [6, 6.07) is 0. The van der Waals surface area contributed by atoms with Gasteiger partial charge < -0.3 is 10.5 Å². The van der Waals surface area contributed by atoms with Crippen molar-refractivity contribution in [3.63, 3.8) is 0 Å². The molecule has 0 aliphatic heterocycles. The van der Waals surface area contributed by atoms with Gasteiger partial charge in [0.2, 0.25) is 5.91 Å². The monoisotopic (exact) mass is 379 g/mol. The molecule has 7 nitrogen and oxygen atoms in total. The zero-order chi connectivity index (χ0) is 19.6. The Bertz CT molecular complexity index is 896. The minimum atomic E-state index is -0.439. The number of aromatic nitrogens is 2. The first-order valence-corrected chi connectivity index (χ1v) is 9.48. The third kappa shape index (κ3) is 4.12. The minimum Gasteiger partial charge on any atom is -0.459 e. The molecule has 0 saturated heterocycles. The van der Waals surface area contributed by atoms with Gasteiger partial charge in [0.15, 0.2) is 0 Å². The van der Waals surface area contributed by atoms with Gasteiger partial charge >= 0.3 is 5.97 Å². The van der Waals surface area contributed by atoms with E-state index in [0.29, 0.717) is 39.4 Å². The van der Waals surface area contributed by atoms with E-state index in [4.69, 9.17) is 10.5 Å². The molecule has 2 aromatic heterocycles. The molecule has 142 valence electrons. The van der Waals surface area contributed by atoms with Crippen molar-refractivity contribution in [2.45, 2.75) is 66.0 Å². The van der Waals surface area contributed by atoms with Gasteiger partial charge in [0.05, 0.1) is 11.5 Å². The molecule has 8 heteroatoms. The number of rotatable bonds is 7. The van der Waals surface area contributed by atoms with Crippen molar-refractivity contribution >= 4 is 33.4 Å². The van der Waals surface area contributed by atoms with Crippen molar-refractivity contribution in [2.75, 3.05) is 0 Å². The molecule has 0 fully saturated rings. The predicted molar refractivity (Wildman–Crippen MR) is 102 cm³/mol. The fourth-order valence-electron chi connectivity index (χ4n) is 2.76. The lowest BCUT2D eigenvalue weighted by molar-refractivity contribution is -0.118. The van der Waals surface area contributed by atoms with E-state index >= 15 is 0 Å². The highest BCUT2D eigenvalue weighted by Crippen LogP contribution is 2.29. The van der Waals surface area contributed by atoms with Crippen molar-refractivity contribution < 1.29 is 14.3 Å². The SMILES string of the molecule is Cc1c(C(=O)OC(C)C)sc2nc(C(C)C)n(CCCC(N)=O)c(=O)c12. The largest absolute Gasteiger partial charge is 0.459 e. The van der Waals surface area contributed by atoms with E-state index < -0.39 is 11.9 Å². The maximum absolute atomic E-state index is 13.1. The van der Waals surface area contributed by atoms with Gasteiger partial charge in [0.1, 0.15) is 15.5 Å². The van der Waals surface area contributed by atoms with Crippen LogP contribution in [0.4, 0.5) is 0 Å². The number of ether oxygens (including phenoxy) is 1. The molecule has 0 unspecified atom stereocenters. The van der Waals surface area contributed by atoms with E-state index in [0.717, 1.165) is 0 Å². The van der Waals surface area contributed by atoms with Gasteiger partial charge in [-0.3, -0.25) is 14.2 Å². The first-order valence-electron chi connectivity index (χ1n) is 8.66. The van der Waals surface area contributed by atoms with Crippen LogP contribution in [0.25, 0.3) is 10.2 Å². The fourth-order valence-corrected chi connectivity index (χ4v) is 3.82. The van der Waals surface area contributed by atoms with Crippen LogP contribution in [0.2, 0.25) is 0 Å². The zero-order valence-electron chi connectivity index (χ0n) is 15.8. The number of esters is 1. The highest BCUT2D eigenvalue weighted by atomic mass is 32.1. The van der Waals surface area contributed by atoms with Crippen LogP contribution >= 0.6 is 11.3 Å². The smallest absolute Gasteiger partial charge is 0.348 e. The standard InChI is InChI=1S/C18H25N3O4S/c1-9(2)15-20-16-13(17(23)21(15)8-6-7-12(19)22)11(5)14(26-16)18(24)25-10(3)4/h9-10H,6-8H2,1-5H3,(H2,19,22). The Morgan fingerprint density at radius 2 is 1.92 bits per heavy atom. The average molecular weight is 379 g/mol. The second-order valence-corrected chi connectivity index (χ2v) is 7.84. The molecule has 0 saturated carbocycles. The lowest BCUT2D eigenvalue weighted by atomic mass is 10.1. The van der Waals surface area contributed by atoms with Crippen LogP contribution in [0.1, 0.15) is 67.5 Å². The Kier molecular flexibility index (Phi) is 6.17. The third-order valence-corrected chi connectivity index (χ3v) is 5.10. The molecule has 2 aromatic rings. The number of amides is 1. The molecule has 2 heterocycles. The van der Waals surface area contributed by atoms with Gasteiger partial charge in [-0.25, -0.2) is 9.78 Å². The van der Waals surface area contributed by atoms with Crippen LogP contribution in [-0.4, -0.2) is 27.5 Å². The Balaban J connectivity index is 2.58. The van der Waals surface area contributed by atoms with Crippen molar-refractivity contribution in [3.05, 3.63) is 26.6 Å². The molecular formula is C18H25N3O4S. The number of nitrogens with two attached hydrogens (primary N) is 1.